The third kappa shape index (κ3) is 4.40. The van der Waals surface area contributed by atoms with Crippen LogP contribution in [0.15, 0.2) is 18.2 Å². The van der Waals surface area contributed by atoms with E-state index in [1.54, 1.807) is 19.1 Å². The van der Waals surface area contributed by atoms with Gasteiger partial charge in [0.15, 0.2) is 11.5 Å². The van der Waals surface area contributed by atoms with E-state index in [-0.39, 0.29) is 6.04 Å². The van der Waals surface area contributed by atoms with Crippen molar-refractivity contribution in [2.45, 2.75) is 38.6 Å². The Hall–Kier alpha value is -2.24. The Morgan fingerprint density at radius 2 is 1.96 bits per heavy atom. The molecular weight excluding hydrogens is 308 g/mol. The van der Waals surface area contributed by atoms with Gasteiger partial charge in [0.2, 0.25) is 0 Å². The molecule has 6 heteroatoms. The number of nitrogens with zero attached hydrogens (tertiary/aromatic N) is 1. The van der Waals surface area contributed by atoms with E-state index in [9.17, 15) is 9.59 Å². The summed E-state index contributed by atoms with van der Waals surface area (Å²) in [6, 6.07) is 5.76. The predicted octanol–water partition coefficient (Wildman–Crippen LogP) is 1.76. The summed E-state index contributed by atoms with van der Waals surface area (Å²) in [6.07, 6.45) is 3.67. The zero-order chi connectivity index (χ0) is 17.5. The zero-order valence-electron chi connectivity index (χ0n) is 14.6. The highest BCUT2D eigenvalue weighted by Gasteiger charge is 2.27. The molecule has 24 heavy (non-hydrogen) atoms. The second-order valence-corrected chi connectivity index (χ2v) is 6.04. The molecule has 0 spiro atoms. The maximum Gasteiger partial charge on any atom is 0.312 e. The van der Waals surface area contributed by atoms with Crippen molar-refractivity contribution in [3.8, 4) is 11.5 Å². The summed E-state index contributed by atoms with van der Waals surface area (Å²) in [6.45, 7) is 3.07. The van der Waals surface area contributed by atoms with Crippen molar-refractivity contribution in [2.24, 2.45) is 0 Å². The van der Waals surface area contributed by atoms with Crippen LogP contribution < -0.4 is 14.8 Å². The molecule has 1 N–H and O–H groups in total. The molecule has 0 aliphatic carbocycles. The van der Waals surface area contributed by atoms with E-state index in [0.717, 1.165) is 24.8 Å². The van der Waals surface area contributed by atoms with Crippen LogP contribution >= 0.6 is 0 Å². The first kappa shape index (κ1) is 18.1. The van der Waals surface area contributed by atoms with E-state index in [0.29, 0.717) is 31.0 Å². The number of nitrogens with one attached hydrogen (secondary N) is 1. The number of amides is 2. The van der Waals surface area contributed by atoms with E-state index in [1.807, 2.05) is 25.1 Å². The molecule has 1 saturated heterocycles. The maximum absolute atomic E-state index is 12.2. The lowest BCUT2D eigenvalue weighted by atomic mass is 10.0. The van der Waals surface area contributed by atoms with Crippen molar-refractivity contribution in [1.82, 2.24) is 10.2 Å². The Morgan fingerprint density at radius 1 is 1.21 bits per heavy atom. The number of methoxy groups -OCH3 is 2. The third-order valence-electron chi connectivity index (χ3n) is 4.41. The molecule has 1 atom stereocenters. The van der Waals surface area contributed by atoms with Crippen LogP contribution in [0.3, 0.4) is 0 Å². The van der Waals surface area contributed by atoms with E-state index in [4.69, 9.17) is 9.47 Å². The van der Waals surface area contributed by atoms with Gasteiger partial charge in [0.05, 0.1) is 14.2 Å². The molecule has 1 fully saturated rings. The minimum Gasteiger partial charge on any atom is -0.493 e. The minimum atomic E-state index is -0.524. The van der Waals surface area contributed by atoms with Gasteiger partial charge in [-0.1, -0.05) is 6.07 Å². The molecule has 0 saturated carbocycles. The highest BCUT2D eigenvalue weighted by molar-refractivity contribution is 6.35. The number of likely N-dealkylation sites (tertiary alicyclic amines) is 1. The largest absolute Gasteiger partial charge is 0.493 e. The van der Waals surface area contributed by atoms with Gasteiger partial charge in [0.1, 0.15) is 0 Å². The fourth-order valence-corrected chi connectivity index (χ4v) is 2.96. The van der Waals surface area contributed by atoms with Crippen LogP contribution in [0.5, 0.6) is 11.5 Å². The first-order valence-corrected chi connectivity index (χ1v) is 8.36. The average molecular weight is 334 g/mol. The highest BCUT2D eigenvalue weighted by atomic mass is 16.5. The lowest BCUT2D eigenvalue weighted by Gasteiger charge is -2.32. The second kappa shape index (κ2) is 8.57. The first-order valence-electron chi connectivity index (χ1n) is 8.36. The highest BCUT2D eigenvalue weighted by Crippen LogP contribution is 2.27. The van der Waals surface area contributed by atoms with Crippen LogP contribution in [0.2, 0.25) is 0 Å². The third-order valence-corrected chi connectivity index (χ3v) is 4.41. The van der Waals surface area contributed by atoms with Crippen molar-refractivity contribution in [2.75, 3.05) is 27.3 Å². The fraction of sp³-hybridized carbons (Fsp3) is 0.556. The lowest BCUT2D eigenvalue weighted by Crippen LogP contribution is -2.49. The SMILES string of the molecule is COc1ccc(CCNC(=O)C(=O)N2CCCCC2C)cc1OC. The number of piperidine rings is 1. The minimum absolute atomic E-state index is 0.142. The molecule has 1 heterocycles. The van der Waals surface area contributed by atoms with Gasteiger partial charge in [0.25, 0.3) is 0 Å². The molecule has 6 nitrogen and oxygen atoms in total. The summed E-state index contributed by atoms with van der Waals surface area (Å²) < 4.78 is 10.5. The van der Waals surface area contributed by atoms with Gasteiger partial charge in [-0.15, -0.1) is 0 Å². The number of benzene rings is 1. The molecule has 2 rings (SSSR count). The van der Waals surface area contributed by atoms with Crippen LogP contribution in [0.25, 0.3) is 0 Å². The number of carbonyl (C=O) groups excluding carboxylic acids is 2. The second-order valence-electron chi connectivity index (χ2n) is 6.04. The summed E-state index contributed by atoms with van der Waals surface area (Å²) in [5.41, 5.74) is 1.01. The van der Waals surface area contributed by atoms with Gasteiger partial charge in [-0.25, -0.2) is 0 Å². The first-order chi connectivity index (χ1) is 11.6. The number of carbonyl (C=O) groups is 2. The summed E-state index contributed by atoms with van der Waals surface area (Å²) in [5, 5.41) is 2.71. The number of ether oxygens (including phenoxy) is 2. The van der Waals surface area contributed by atoms with Gasteiger partial charge in [-0.05, 0) is 50.3 Å². The lowest BCUT2D eigenvalue weighted by molar-refractivity contribution is -0.148. The molecule has 132 valence electrons. The van der Waals surface area contributed by atoms with E-state index in [1.165, 1.54) is 0 Å². The smallest absolute Gasteiger partial charge is 0.312 e. The predicted molar refractivity (Wildman–Crippen MR) is 91.3 cm³/mol. The van der Waals surface area contributed by atoms with Crippen LogP contribution in [0.1, 0.15) is 31.7 Å². The molecule has 2 amide bonds. The molecule has 0 bridgehead atoms. The van der Waals surface area contributed by atoms with Gasteiger partial charge in [-0.3, -0.25) is 9.59 Å². The molecule has 1 aliphatic rings. The van der Waals surface area contributed by atoms with Crippen molar-refractivity contribution < 1.29 is 19.1 Å². The van der Waals surface area contributed by atoms with Gasteiger partial charge < -0.3 is 19.7 Å². The Kier molecular flexibility index (Phi) is 6.46. The average Bonchev–Trinajstić information content (AvgIpc) is 2.61. The van der Waals surface area contributed by atoms with Crippen LogP contribution in [0.4, 0.5) is 0 Å². The Bertz CT molecular complexity index is 588. The topological polar surface area (TPSA) is 67.9 Å². The van der Waals surface area contributed by atoms with E-state index in [2.05, 4.69) is 5.32 Å². The number of hydrogen-bond acceptors (Lipinski definition) is 4. The monoisotopic (exact) mass is 334 g/mol. The summed E-state index contributed by atoms with van der Waals surface area (Å²) in [7, 11) is 3.17. The van der Waals surface area contributed by atoms with Gasteiger partial charge >= 0.3 is 11.8 Å². The van der Waals surface area contributed by atoms with E-state index < -0.39 is 11.8 Å². The standard InChI is InChI=1S/C18H26N2O4/c1-13-6-4-5-11-20(13)18(22)17(21)19-10-9-14-7-8-15(23-2)16(12-14)24-3/h7-8,12-13H,4-6,9-11H2,1-3H3,(H,19,21). The van der Waals surface area contributed by atoms with Gasteiger partial charge in [0, 0.05) is 19.1 Å². The number of hydrogen-bond donors (Lipinski definition) is 1. The number of rotatable bonds is 5. The zero-order valence-corrected chi connectivity index (χ0v) is 14.6. The summed E-state index contributed by atoms with van der Waals surface area (Å²) in [4.78, 5) is 25.9. The Balaban J connectivity index is 1.85. The fourth-order valence-electron chi connectivity index (χ4n) is 2.96. The Morgan fingerprint density at radius 3 is 2.62 bits per heavy atom. The molecule has 1 unspecified atom stereocenters. The molecular formula is C18H26N2O4. The molecule has 1 aromatic carbocycles. The molecule has 0 radical (unpaired) electrons. The molecule has 1 aromatic rings. The quantitative estimate of drug-likeness (QED) is 0.833. The molecule has 0 aromatic heterocycles. The van der Waals surface area contributed by atoms with Gasteiger partial charge in [-0.2, -0.15) is 0 Å². The van der Waals surface area contributed by atoms with Crippen molar-refractivity contribution >= 4 is 11.8 Å². The van der Waals surface area contributed by atoms with Crippen molar-refractivity contribution in [1.29, 1.82) is 0 Å². The molecule has 1 aliphatic heterocycles. The van der Waals surface area contributed by atoms with Crippen LogP contribution in [0, 0.1) is 0 Å². The summed E-state index contributed by atoms with van der Waals surface area (Å²) in [5.74, 6) is 0.373. The summed E-state index contributed by atoms with van der Waals surface area (Å²) >= 11 is 0. The van der Waals surface area contributed by atoms with Crippen LogP contribution in [-0.2, 0) is 16.0 Å². The normalized spacial score (nSPS) is 17.3. The maximum atomic E-state index is 12.2. The van der Waals surface area contributed by atoms with E-state index >= 15 is 0 Å². The Labute approximate surface area is 143 Å². The van der Waals surface area contributed by atoms with Crippen molar-refractivity contribution in [3.63, 3.8) is 0 Å². The van der Waals surface area contributed by atoms with Crippen molar-refractivity contribution in [3.05, 3.63) is 23.8 Å². The van der Waals surface area contributed by atoms with Crippen LogP contribution in [-0.4, -0.2) is 50.1 Å².